The summed E-state index contributed by atoms with van der Waals surface area (Å²) in [7, 11) is 1.66. The van der Waals surface area contributed by atoms with Crippen LogP contribution < -0.4 is 15.4 Å². The van der Waals surface area contributed by atoms with Gasteiger partial charge in [-0.25, -0.2) is 9.97 Å². The Morgan fingerprint density at radius 1 is 1.09 bits per heavy atom. The summed E-state index contributed by atoms with van der Waals surface area (Å²) in [5.41, 5.74) is 0.889. The first-order chi connectivity index (χ1) is 10.7. The molecule has 0 amide bonds. The lowest BCUT2D eigenvalue weighted by Gasteiger charge is -2.12. The fourth-order valence-electron chi connectivity index (χ4n) is 2.20. The first-order valence-electron chi connectivity index (χ1n) is 7.72. The Labute approximate surface area is 132 Å². The number of hydrogen-bond acceptors (Lipinski definition) is 5. The van der Waals surface area contributed by atoms with Gasteiger partial charge in [-0.3, -0.25) is 0 Å². The van der Waals surface area contributed by atoms with Crippen LogP contribution >= 0.6 is 0 Å². The normalized spacial score (nSPS) is 10.3. The predicted octanol–water partition coefficient (Wildman–Crippen LogP) is 4.14. The van der Waals surface area contributed by atoms with Crippen LogP contribution in [0.25, 0.3) is 0 Å². The largest absolute Gasteiger partial charge is 0.495 e. The molecule has 0 unspecified atom stereocenters. The summed E-state index contributed by atoms with van der Waals surface area (Å²) in [4.78, 5) is 8.85. The molecular formula is C17H24N4O. The lowest BCUT2D eigenvalue weighted by Crippen LogP contribution is -2.06. The average molecular weight is 300 g/mol. The van der Waals surface area contributed by atoms with Crippen molar-refractivity contribution < 1.29 is 4.74 Å². The van der Waals surface area contributed by atoms with Gasteiger partial charge >= 0.3 is 0 Å². The number of nitrogens with zero attached hydrogens (tertiary/aromatic N) is 2. The Hall–Kier alpha value is -2.30. The van der Waals surface area contributed by atoms with Crippen molar-refractivity contribution in [2.24, 2.45) is 0 Å². The molecular weight excluding hydrogens is 276 g/mol. The van der Waals surface area contributed by atoms with E-state index in [9.17, 15) is 0 Å². The summed E-state index contributed by atoms with van der Waals surface area (Å²) < 4.78 is 5.35. The number of rotatable bonds is 8. The van der Waals surface area contributed by atoms with E-state index >= 15 is 0 Å². The van der Waals surface area contributed by atoms with E-state index in [0.717, 1.165) is 41.9 Å². The molecule has 0 spiro atoms. The quantitative estimate of drug-likeness (QED) is 0.718. The minimum absolute atomic E-state index is 0.734. The number of ether oxygens (including phenoxy) is 1. The van der Waals surface area contributed by atoms with E-state index in [1.54, 1.807) is 7.11 Å². The number of benzene rings is 1. The molecule has 0 radical (unpaired) electrons. The Morgan fingerprint density at radius 2 is 1.86 bits per heavy atom. The Bertz CT molecular complexity index is 601. The number of aryl methyl sites for hydroxylation is 1. The molecule has 0 aliphatic heterocycles. The van der Waals surface area contributed by atoms with Crippen molar-refractivity contribution in [3.63, 3.8) is 0 Å². The van der Waals surface area contributed by atoms with E-state index in [4.69, 9.17) is 4.74 Å². The van der Waals surface area contributed by atoms with E-state index < -0.39 is 0 Å². The van der Waals surface area contributed by atoms with Crippen LogP contribution in [-0.2, 0) is 0 Å². The summed E-state index contributed by atoms with van der Waals surface area (Å²) in [6.45, 7) is 5.02. The lowest BCUT2D eigenvalue weighted by atomic mass is 10.2. The number of nitrogens with one attached hydrogen (secondary N) is 2. The molecule has 1 aromatic carbocycles. The highest BCUT2D eigenvalue weighted by Crippen LogP contribution is 2.26. The average Bonchev–Trinajstić information content (AvgIpc) is 2.52. The van der Waals surface area contributed by atoms with Crippen LogP contribution in [0.4, 0.5) is 17.3 Å². The summed E-state index contributed by atoms with van der Waals surface area (Å²) in [6, 6.07) is 9.70. The van der Waals surface area contributed by atoms with Crippen LogP contribution in [0.5, 0.6) is 5.75 Å². The molecule has 0 saturated heterocycles. The molecule has 0 bridgehead atoms. The highest BCUT2D eigenvalue weighted by atomic mass is 16.5. The van der Waals surface area contributed by atoms with Gasteiger partial charge in [0.25, 0.3) is 0 Å². The van der Waals surface area contributed by atoms with Crippen LogP contribution in [0.2, 0.25) is 0 Å². The second-order valence-electron chi connectivity index (χ2n) is 5.14. The Balaban J connectivity index is 2.09. The van der Waals surface area contributed by atoms with Crippen molar-refractivity contribution in [2.45, 2.75) is 33.1 Å². The second kappa shape index (κ2) is 8.22. The highest BCUT2D eigenvalue weighted by Gasteiger charge is 2.05. The maximum atomic E-state index is 5.35. The van der Waals surface area contributed by atoms with Gasteiger partial charge in [-0.2, -0.15) is 0 Å². The molecule has 5 heteroatoms. The Kier molecular flexibility index (Phi) is 6.01. The summed E-state index contributed by atoms with van der Waals surface area (Å²) >= 11 is 0. The van der Waals surface area contributed by atoms with E-state index in [2.05, 4.69) is 27.5 Å². The minimum Gasteiger partial charge on any atom is -0.495 e. The molecule has 118 valence electrons. The topological polar surface area (TPSA) is 59.1 Å². The van der Waals surface area contributed by atoms with Gasteiger partial charge in [-0.15, -0.1) is 0 Å². The maximum Gasteiger partial charge on any atom is 0.142 e. The predicted molar refractivity (Wildman–Crippen MR) is 91.1 cm³/mol. The van der Waals surface area contributed by atoms with Crippen molar-refractivity contribution in [1.82, 2.24) is 9.97 Å². The number of unbranched alkanes of at least 4 members (excludes halogenated alkanes) is 2. The fourth-order valence-corrected chi connectivity index (χ4v) is 2.20. The fraction of sp³-hybridized carbons (Fsp3) is 0.412. The third kappa shape index (κ3) is 4.62. The van der Waals surface area contributed by atoms with Gasteiger partial charge in [0.05, 0.1) is 12.8 Å². The first kappa shape index (κ1) is 16.1. The third-order valence-electron chi connectivity index (χ3n) is 3.29. The number of anilines is 3. The zero-order valence-corrected chi connectivity index (χ0v) is 13.5. The summed E-state index contributed by atoms with van der Waals surface area (Å²) in [5.74, 6) is 3.13. The van der Waals surface area contributed by atoms with Gasteiger partial charge in [0, 0.05) is 12.6 Å². The molecule has 5 nitrogen and oxygen atoms in total. The van der Waals surface area contributed by atoms with Gasteiger partial charge in [-0.05, 0) is 25.5 Å². The van der Waals surface area contributed by atoms with Crippen molar-refractivity contribution in [3.05, 3.63) is 36.2 Å². The van der Waals surface area contributed by atoms with Gasteiger partial charge in [-0.1, -0.05) is 31.9 Å². The van der Waals surface area contributed by atoms with Crippen LogP contribution in [0.1, 0.15) is 32.0 Å². The zero-order valence-electron chi connectivity index (χ0n) is 13.5. The molecule has 0 atom stereocenters. The van der Waals surface area contributed by atoms with E-state index in [1.807, 2.05) is 37.3 Å². The molecule has 0 saturated carbocycles. The van der Waals surface area contributed by atoms with Crippen molar-refractivity contribution in [2.75, 3.05) is 24.3 Å². The van der Waals surface area contributed by atoms with Crippen LogP contribution in [0, 0.1) is 6.92 Å². The van der Waals surface area contributed by atoms with E-state index in [1.165, 1.54) is 12.8 Å². The molecule has 0 fully saturated rings. The monoisotopic (exact) mass is 300 g/mol. The minimum atomic E-state index is 0.734. The van der Waals surface area contributed by atoms with Crippen LogP contribution in [-0.4, -0.2) is 23.6 Å². The smallest absolute Gasteiger partial charge is 0.142 e. The third-order valence-corrected chi connectivity index (χ3v) is 3.29. The number of methoxy groups -OCH3 is 1. The summed E-state index contributed by atoms with van der Waals surface area (Å²) in [6.07, 6.45) is 3.59. The number of para-hydroxylation sites is 2. The van der Waals surface area contributed by atoms with E-state index in [-0.39, 0.29) is 0 Å². The maximum absolute atomic E-state index is 5.35. The van der Waals surface area contributed by atoms with Crippen LogP contribution in [0.15, 0.2) is 30.3 Å². The van der Waals surface area contributed by atoms with Crippen molar-refractivity contribution in [3.8, 4) is 5.75 Å². The lowest BCUT2D eigenvalue weighted by molar-refractivity contribution is 0.417. The molecule has 0 aliphatic rings. The van der Waals surface area contributed by atoms with Gasteiger partial charge in [0.15, 0.2) is 0 Å². The van der Waals surface area contributed by atoms with Crippen molar-refractivity contribution in [1.29, 1.82) is 0 Å². The molecule has 2 aromatic rings. The second-order valence-corrected chi connectivity index (χ2v) is 5.14. The van der Waals surface area contributed by atoms with Crippen molar-refractivity contribution >= 4 is 17.3 Å². The first-order valence-corrected chi connectivity index (χ1v) is 7.72. The van der Waals surface area contributed by atoms with Gasteiger partial charge < -0.3 is 15.4 Å². The van der Waals surface area contributed by atoms with E-state index in [0.29, 0.717) is 0 Å². The van der Waals surface area contributed by atoms with Gasteiger partial charge in [0.2, 0.25) is 0 Å². The highest BCUT2D eigenvalue weighted by molar-refractivity contribution is 5.65. The Morgan fingerprint density at radius 3 is 2.64 bits per heavy atom. The molecule has 22 heavy (non-hydrogen) atoms. The number of hydrogen-bond donors (Lipinski definition) is 2. The summed E-state index contributed by atoms with van der Waals surface area (Å²) in [5, 5.41) is 6.64. The standard InChI is InChI=1S/C17H24N4O/c1-4-5-8-11-18-16-12-17(20-13(2)19-16)21-14-9-6-7-10-15(14)22-3/h6-7,9-10,12H,4-5,8,11H2,1-3H3,(H2,18,19,20,21). The molecule has 1 aromatic heterocycles. The molecule has 2 rings (SSSR count). The number of aromatic nitrogens is 2. The molecule has 1 heterocycles. The molecule has 2 N–H and O–H groups in total. The van der Waals surface area contributed by atoms with Gasteiger partial charge in [0.1, 0.15) is 23.2 Å². The SMILES string of the molecule is CCCCCNc1cc(Nc2ccccc2OC)nc(C)n1. The zero-order chi connectivity index (χ0) is 15.8. The van der Waals surface area contributed by atoms with Crippen LogP contribution in [0.3, 0.4) is 0 Å². The molecule has 0 aliphatic carbocycles.